The second kappa shape index (κ2) is 6.46. The Morgan fingerprint density at radius 1 is 1.27 bits per heavy atom. The first-order chi connectivity index (χ1) is 10.7. The summed E-state index contributed by atoms with van der Waals surface area (Å²) in [6.07, 6.45) is 0.307. The van der Waals surface area contributed by atoms with E-state index in [1.807, 2.05) is 42.5 Å². The molecule has 0 unspecified atom stereocenters. The number of carbonyl (C=O) groups excluding carboxylic acids is 1. The standard InChI is InChI=1S/C16H13BrN2O2S/c1-21-11-7-5-10(6-8-11)9-14(20)18-16-19-15-12(17)3-2-4-13(15)22-16/h2-8H,9H2,1H3,(H,18,19,20). The van der Waals surface area contributed by atoms with E-state index in [2.05, 4.69) is 26.2 Å². The Morgan fingerprint density at radius 3 is 2.73 bits per heavy atom. The highest BCUT2D eigenvalue weighted by Crippen LogP contribution is 2.30. The maximum atomic E-state index is 12.1. The molecule has 6 heteroatoms. The van der Waals surface area contributed by atoms with Crippen LogP contribution in [-0.4, -0.2) is 18.0 Å². The molecule has 0 aliphatic carbocycles. The van der Waals surface area contributed by atoms with E-state index >= 15 is 0 Å². The number of aromatic nitrogens is 1. The van der Waals surface area contributed by atoms with Crippen molar-refractivity contribution in [2.75, 3.05) is 12.4 Å². The molecule has 0 saturated carbocycles. The zero-order valence-corrected chi connectivity index (χ0v) is 14.2. The Balaban J connectivity index is 1.71. The molecule has 1 heterocycles. The fourth-order valence-electron chi connectivity index (χ4n) is 2.06. The van der Waals surface area contributed by atoms with Crippen molar-refractivity contribution >= 4 is 48.5 Å². The molecule has 0 aliphatic heterocycles. The van der Waals surface area contributed by atoms with Gasteiger partial charge in [-0.2, -0.15) is 0 Å². The van der Waals surface area contributed by atoms with E-state index in [1.54, 1.807) is 7.11 Å². The molecule has 2 aromatic carbocycles. The zero-order chi connectivity index (χ0) is 15.5. The molecule has 112 valence electrons. The van der Waals surface area contributed by atoms with Gasteiger partial charge in [0.25, 0.3) is 0 Å². The lowest BCUT2D eigenvalue weighted by molar-refractivity contribution is -0.115. The molecule has 0 saturated heterocycles. The summed E-state index contributed by atoms with van der Waals surface area (Å²) in [7, 11) is 1.62. The highest BCUT2D eigenvalue weighted by Gasteiger charge is 2.10. The molecule has 4 nitrogen and oxygen atoms in total. The van der Waals surface area contributed by atoms with Crippen molar-refractivity contribution in [1.82, 2.24) is 4.98 Å². The highest BCUT2D eigenvalue weighted by molar-refractivity contribution is 9.10. The monoisotopic (exact) mass is 376 g/mol. The minimum atomic E-state index is -0.0830. The highest BCUT2D eigenvalue weighted by atomic mass is 79.9. The summed E-state index contributed by atoms with van der Waals surface area (Å²) in [4.78, 5) is 16.6. The predicted molar refractivity (Wildman–Crippen MR) is 92.6 cm³/mol. The summed E-state index contributed by atoms with van der Waals surface area (Å²) in [5.41, 5.74) is 1.80. The van der Waals surface area contributed by atoms with Crippen LogP contribution in [0.2, 0.25) is 0 Å². The van der Waals surface area contributed by atoms with Crippen molar-refractivity contribution in [3.8, 4) is 5.75 Å². The van der Waals surface area contributed by atoms with Gasteiger partial charge in [0.2, 0.25) is 5.91 Å². The molecule has 22 heavy (non-hydrogen) atoms. The van der Waals surface area contributed by atoms with Crippen molar-refractivity contribution in [2.45, 2.75) is 6.42 Å². The normalized spacial score (nSPS) is 10.6. The van der Waals surface area contributed by atoms with Gasteiger partial charge in [0.15, 0.2) is 5.13 Å². The van der Waals surface area contributed by atoms with E-state index in [-0.39, 0.29) is 5.91 Å². The number of hydrogen-bond acceptors (Lipinski definition) is 4. The lowest BCUT2D eigenvalue weighted by atomic mass is 10.1. The molecular formula is C16H13BrN2O2S. The zero-order valence-electron chi connectivity index (χ0n) is 11.8. The number of hydrogen-bond donors (Lipinski definition) is 1. The summed E-state index contributed by atoms with van der Waals surface area (Å²) in [5, 5.41) is 3.46. The van der Waals surface area contributed by atoms with E-state index in [0.29, 0.717) is 11.6 Å². The Hall–Kier alpha value is -1.92. The topological polar surface area (TPSA) is 51.2 Å². The van der Waals surface area contributed by atoms with Gasteiger partial charge in [0, 0.05) is 4.47 Å². The number of nitrogens with zero attached hydrogens (tertiary/aromatic N) is 1. The van der Waals surface area contributed by atoms with Gasteiger partial charge in [-0.15, -0.1) is 0 Å². The number of anilines is 1. The third-order valence-corrected chi connectivity index (χ3v) is 4.72. The van der Waals surface area contributed by atoms with Crippen LogP contribution >= 0.6 is 27.3 Å². The molecular weight excluding hydrogens is 364 g/mol. The summed E-state index contributed by atoms with van der Waals surface area (Å²) in [6.45, 7) is 0. The Bertz CT molecular complexity index is 815. The summed E-state index contributed by atoms with van der Waals surface area (Å²) < 4.78 is 7.07. The summed E-state index contributed by atoms with van der Waals surface area (Å²) in [6, 6.07) is 13.3. The molecule has 0 atom stereocenters. The van der Waals surface area contributed by atoms with E-state index in [1.165, 1.54) is 11.3 Å². The first-order valence-corrected chi connectivity index (χ1v) is 8.24. The van der Waals surface area contributed by atoms with Crippen LogP contribution in [0.3, 0.4) is 0 Å². The predicted octanol–water partition coefficient (Wildman–Crippen LogP) is 4.25. The quantitative estimate of drug-likeness (QED) is 0.740. The van der Waals surface area contributed by atoms with E-state index in [0.717, 1.165) is 26.0 Å². The van der Waals surface area contributed by atoms with Crippen LogP contribution in [0, 0.1) is 0 Å². The number of methoxy groups -OCH3 is 1. The summed E-state index contributed by atoms with van der Waals surface area (Å²) in [5.74, 6) is 0.695. The Kier molecular flexibility index (Phi) is 4.40. The fourth-order valence-corrected chi connectivity index (χ4v) is 3.56. The van der Waals surface area contributed by atoms with Gasteiger partial charge in [-0.25, -0.2) is 4.98 Å². The number of amides is 1. The number of para-hydroxylation sites is 1. The van der Waals surface area contributed by atoms with Crippen LogP contribution in [0.25, 0.3) is 10.2 Å². The lowest BCUT2D eigenvalue weighted by Crippen LogP contribution is -2.14. The maximum Gasteiger partial charge on any atom is 0.230 e. The molecule has 1 N–H and O–H groups in total. The Morgan fingerprint density at radius 2 is 2.05 bits per heavy atom. The maximum absolute atomic E-state index is 12.1. The summed E-state index contributed by atoms with van der Waals surface area (Å²) >= 11 is 4.93. The molecule has 3 aromatic rings. The second-order valence-electron chi connectivity index (χ2n) is 4.68. The molecule has 0 aliphatic rings. The molecule has 0 bridgehead atoms. The van der Waals surface area contributed by atoms with Gasteiger partial charge in [0.1, 0.15) is 5.75 Å². The second-order valence-corrected chi connectivity index (χ2v) is 6.56. The van der Waals surface area contributed by atoms with Crippen molar-refractivity contribution in [1.29, 1.82) is 0 Å². The van der Waals surface area contributed by atoms with Gasteiger partial charge >= 0.3 is 0 Å². The molecule has 0 radical (unpaired) electrons. The number of carbonyl (C=O) groups is 1. The minimum absolute atomic E-state index is 0.0830. The van der Waals surface area contributed by atoms with E-state index < -0.39 is 0 Å². The van der Waals surface area contributed by atoms with Crippen LogP contribution in [0.4, 0.5) is 5.13 Å². The third-order valence-electron chi connectivity index (χ3n) is 3.14. The first kappa shape index (κ1) is 15.0. The van der Waals surface area contributed by atoms with Crippen molar-refractivity contribution < 1.29 is 9.53 Å². The van der Waals surface area contributed by atoms with Crippen molar-refractivity contribution in [3.05, 3.63) is 52.5 Å². The average Bonchev–Trinajstić information content (AvgIpc) is 2.92. The molecule has 1 aromatic heterocycles. The van der Waals surface area contributed by atoms with Gasteiger partial charge in [0.05, 0.1) is 23.7 Å². The smallest absolute Gasteiger partial charge is 0.230 e. The number of thiazole rings is 1. The van der Waals surface area contributed by atoms with Gasteiger partial charge in [-0.05, 0) is 45.8 Å². The lowest BCUT2D eigenvalue weighted by Gasteiger charge is -2.03. The van der Waals surface area contributed by atoms with Crippen molar-refractivity contribution in [2.24, 2.45) is 0 Å². The van der Waals surface area contributed by atoms with Gasteiger partial charge < -0.3 is 10.1 Å². The first-order valence-electron chi connectivity index (χ1n) is 6.63. The largest absolute Gasteiger partial charge is 0.497 e. The Labute approximate surface area is 140 Å². The van der Waals surface area contributed by atoms with Crippen molar-refractivity contribution in [3.63, 3.8) is 0 Å². The van der Waals surface area contributed by atoms with Crippen LogP contribution in [0.1, 0.15) is 5.56 Å². The average molecular weight is 377 g/mol. The molecule has 3 rings (SSSR count). The molecule has 0 fully saturated rings. The number of rotatable bonds is 4. The van der Waals surface area contributed by atoms with Crippen LogP contribution < -0.4 is 10.1 Å². The molecule has 1 amide bonds. The fraction of sp³-hybridized carbons (Fsp3) is 0.125. The number of halogens is 1. The number of fused-ring (bicyclic) bond motifs is 1. The van der Waals surface area contributed by atoms with Gasteiger partial charge in [-0.3, -0.25) is 4.79 Å². The van der Waals surface area contributed by atoms with Crippen LogP contribution in [0.5, 0.6) is 5.75 Å². The van der Waals surface area contributed by atoms with E-state index in [4.69, 9.17) is 4.74 Å². The number of benzene rings is 2. The SMILES string of the molecule is COc1ccc(CC(=O)Nc2nc3c(Br)cccc3s2)cc1. The van der Waals surface area contributed by atoms with E-state index in [9.17, 15) is 4.79 Å². The number of ether oxygens (including phenoxy) is 1. The number of nitrogens with one attached hydrogen (secondary N) is 1. The molecule has 0 spiro atoms. The van der Waals surface area contributed by atoms with Crippen LogP contribution in [0.15, 0.2) is 46.9 Å². The third kappa shape index (κ3) is 3.28. The van der Waals surface area contributed by atoms with Crippen LogP contribution in [-0.2, 0) is 11.2 Å². The minimum Gasteiger partial charge on any atom is -0.497 e. The van der Waals surface area contributed by atoms with Gasteiger partial charge in [-0.1, -0.05) is 29.5 Å².